The first-order valence-electron chi connectivity index (χ1n) is 4.13. The minimum absolute atomic E-state index is 0.0599. The molecule has 0 amide bonds. The smallest absolute Gasteiger partial charge is 0.186 e. The van der Waals surface area contributed by atoms with Crippen molar-refractivity contribution >= 4 is 38.6 Å². The summed E-state index contributed by atoms with van der Waals surface area (Å²) < 4.78 is 0.834. The molecule has 0 aromatic carbocycles. The van der Waals surface area contributed by atoms with Crippen LogP contribution in [0.1, 0.15) is 12.5 Å². The van der Waals surface area contributed by atoms with Gasteiger partial charge in [-0.25, -0.2) is 4.98 Å². The van der Waals surface area contributed by atoms with E-state index in [0.717, 1.165) is 4.47 Å². The zero-order chi connectivity index (χ0) is 11.3. The second-order valence-electron chi connectivity index (χ2n) is 2.67. The van der Waals surface area contributed by atoms with Crippen LogP contribution in [0.15, 0.2) is 16.7 Å². The molecular formula is C10H9BrN2OS. The molecule has 0 fully saturated rings. The van der Waals surface area contributed by atoms with E-state index in [2.05, 4.69) is 32.8 Å². The van der Waals surface area contributed by atoms with Crippen LogP contribution in [-0.4, -0.2) is 15.9 Å². The maximum atomic E-state index is 10.6. The zero-order valence-electron chi connectivity index (χ0n) is 8.08. The third-order valence-electron chi connectivity index (χ3n) is 1.46. The van der Waals surface area contributed by atoms with Gasteiger partial charge in [-0.3, -0.25) is 4.79 Å². The van der Waals surface area contributed by atoms with Gasteiger partial charge in [0.2, 0.25) is 0 Å². The van der Waals surface area contributed by atoms with Crippen LogP contribution in [0.25, 0.3) is 0 Å². The standard InChI is InChI=1S/C10H9BrN2OS/c1-7(14)15-4-2-3-8-5-9(11)6-13-10(8)12/h5-6H,4H2,1H3,(H2,12,13). The van der Waals surface area contributed by atoms with Crippen LogP contribution in [0.5, 0.6) is 0 Å². The lowest BCUT2D eigenvalue weighted by Gasteiger charge is -1.96. The highest BCUT2D eigenvalue weighted by Crippen LogP contribution is 2.14. The highest BCUT2D eigenvalue weighted by molar-refractivity contribution is 9.10. The molecule has 0 aliphatic rings. The summed E-state index contributed by atoms with van der Waals surface area (Å²) in [6, 6.07) is 1.80. The molecule has 1 heterocycles. The summed E-state index contributed by atoms with van der Waals surface area (Å²) in [6.07, 6.45) is 1.62. The van der Waals surface area contributed by atoms with Crippen molar-refractivity contribution in [3.05, 3.63) is 22.3 Å². The van der Waals surface area contributed by atoms with Gasteiger partial charge in [-0.1, -0.05) is 23.6 Å². The first-order chi connectivity index (χ1) is 7.09. The van der Waals surface area contributed by atoms with E-state index in [0.29, 0.717) is 17.1 Å². The number of hydrogen-bond acceptors (Lipinski definition) is 4. The van der Waals surface area contributed by atoms with Crippen molar-refractivity contribution in [2.45, 2.75) is 6.92 Å². The van der Waals surface area contributed by atoms with E-state index in [-0.39, 0.29) is 5.12 Å². The molecule has 1 aromatic rings. The van der Waals surface area contributed by atoms with Crippen LogP contribution in [-0.2, 0) is 4.79 Å². The molecule has 5 heteroatoms. The van der Waals surface area contributed by atoms with Crippen LogP contribution >= 0.6 is 27.7 Å². The molecule has 78 valence electrons. The second-order valence-corrected chi connectivity index (χ2v) is 4.74. The summed E-state index contributed by atoms with van der Waals surface area (Å²) >= 11 is 4.46. The Morgan fingerprint density at radius 1 is 1.73 bits per heavy atom. The van der Waals surface area contributed by atoms with Gasteiger partial charge in [0.25, 0.3) is 0 Å². The van der Waals surface area contributed by atoms with Crippen molar-refractivity contribution in [2.24, 2.45) is 0 Å². The highest BCUT2D eigenvalue weighted by Gasteiger charge is 1.97. The number of thioether (sulfide) groups is 1. The first-order valence-corrected chi connectivity index (χ1v) is 5.90. The van der Waals surface area contributed by atoms with E-state index in [1.807, 2.05) is 0 Å². The normalized spacial score (nSPS) is 9.20. The number of nitrogen functional groups attached to an aromatic ring is 1. The van der Waals surface area contributed by atoms with Crippen LogP contribution in [0.4, 0.5) is 5.82 Å². The molecule has 0 atom stereocenters. The Labute approximate surface area is 101 Å². The van der Waals surface area contributed by atoms with Crippen molar-refractivity contribution in [3.63, 3.8) is 0 Å². The number of nitrogens with zero attached hydrogens (tertiary/aromatic N) is 1. The monoisotopic (exact) mass is 284 g/mol. The summed E-state index contributed by atoms with van der Waals surface area (Å²) in [6.45, 7) is 1.52. The fraction of sp³-hybridized carbons (Fsp3) is 0.200. The molecule has 15 heavy (non-hydrogen) atoms. The van der Waals surface area contributed by atoms with Crippen molar-refractivity contribution < 1.29 is 4.79 Å². The summed E-state index contributed by atoms with van der Waals surface area (Å²) in [4.78, 5) is 14.6. The lowest BCUT2D eigenvalue weighted by Crippen LogP contribution is -1.93. The molecule has 1 rings (SSSR count). The van der Waals surface area contributed by atoms with Gasteiger partial charge in [-0.2, -0.15) is 0 Å². The molecule has 0 aliphatic carbocycles. The van der Waals surface area contributed by atoms with Gasteiger partial charge in [0.15, 0.2) is 5.12 Å². The average Bonchev–Trinajstić information content (AvgIpc) is 2.17. The molecule has 0 aliphatic heterocycles. The van der Waals surface area contributed by atoms with Crippen molar-refractivity contribution in [1.29, 1.82) is 0 Å². The number of nitrogens with two attached hydrogens (primary N) is 1. The number of hydrogen-bond donors (Lipinski definition) is 1. The fourth-order valence-electron chi connectivity index (χ4n) is 0.819. The van der Waals surface area contributed by atoms with Gasteiger partial charge < -0.3 is 5.73 Å². The SMILES string of the molecule is CC(=O)SCC#Cc1cc(Br)cnc1N. The number of anilines is 1. The maximum Gasteiger partial charge on any atom is 0.186 e. The lowest BCUT2D eigenvalue weighted by atomic mass is 10.2. The molecule has 0 radical (unpaired) electrons. The van der Waals surface area contributed by atoms with Gasteiger partial charge in [0.05, 0.1) is 11.3 Å². The van der Waals surface area contributed by atoms with Gasteiger partial charge >= 0.3 is 0 Å². The van der Waals surface area contributed by atoms with Gasteiger partial charge in [0.1, 0.15) is 5.82 Å². The van der Waals surface area contributed by atoms with Crippen LogP contribution < -0.4 is 5.73 Å². The van der Waals surface area contributed by atoms with E-state index in [9.17, 15) is 4.79 Å². The predicted octanol–water partition coefficient (Wildman–Crippen LogP) is 2.06. The Morgan fingerprint density at radius 3 is 3.13 bits per heavy atom. The number of rotatable bonds is 1. The largest absolute Gasteiger partial charge is 0.383 e. The average molecular weight is 285 g/mol. The molecule has 0 saturated carbocycles. The highest BCUT2D eigenvalue weighted by atomic mass is 79.9. The molecule has 0 saturated heterocycles. The molecule has 0 unspecified atom stereocenters. The number of pyridine rings is 1. The zero-order valence-corrected chi connectivity index (χ0v) is 10.5. The minimum Gasteiger partial charge on any atom is -0.383 e. The lowest BCUT2D eigenvalue weighted by molar-refractivity contribution is -0.109. The first kappa shape index (κ1) is 12.1. The second kappa shape index (κ2) is 5.79. The van der Waals surface area contributed by atoms with Gasteiger partial charge in [-0.05, 0) is 22.0 Å². The summed E-state index contributed by atoms with van der Waals surface area (Å²) in [5.41, 5.74) is 6.30. The van der Waals surface area contributed by atoms with E-state index < -0.39 is 0 Å². The molecule has 0 bridgehead atoms. The number of aromatic nitrogens is 1. The van der Waals surface area contributed by atoms with E-state index in [4.69, 9.17) is 5.73 Å². The Kier molecular flexibility index (Phi) is 4.66. The molecule has 3 nitrogen and oxygen atoms in total. The molecular weight excluding hydrogens is 276 g/mol. The topological polar surface area (TPSA) is 56.0 Å². The Morgan fingerprint density at radius 2 is 2.47 bits per heavy atom. The number of halogens is 1. The summed E-state index contributed by atoms with van der Waals surface area (Å²) in [5.74, 6) is 6.60. The third kappa shape index (κ3) is 4.36. The Hall–Kier alpha value is -0.990. The van der Waals surface area contributed by atoms with Crippen molar-refractivity contribution in [2.75, 3.05) is 11.5 Å². The summed E-state index contributed by atoms with van der Waals surface area (Å²) in [5, 5.41) is 0.0599. The number of carbonyl (C=O) groups excluding carboxylic acids is 1. The van der Waals surface area contributed by atoms with Gasteiger partial charge in [0, 0.05) is 17.6 Å². The van der Waals surface area contributed by atoms with E-state index in [1.54, 1.807) is 12.3 Å². The van der Waals surface area contributed by atoms with Crippen molar-refractivity contribution in [3.8, 4) is 11.8 Å². The quantitative estimate of drug-likeness (QED) is 0.802. The Bertz CT molecular complexity index is 437. The van der Waals surface area contributed by atoms with Crippen LogP contribution in [0.3, 0.4) is 0 Å². The fourth-order valence-corrected chi connectivity index (χ4v) is 1.50. The van der Waals surface area contributed by atoms with Crippen LogP contribution in [0.2, 0.25) is 0 Å². The third-order valence-corrected chi connectivity index (χ3v) is 2.58. The maximum absolute atomic E-state index is 10.6. The van der Waals surface area contributed by atoms with Crippen LogP contribution in [0, 0.1) is 11.8 Å². The Balaban J connectivity index is 2.71. The minimum atomic E-state index is 0.0599. The van der Waals surface area contributed by atoms with E-state index in [1.165, 1.54) is 18.7 Å². The molecule has 0 spiro atoms. The van der Waals surface area contributed by atoms with Gasteiger partial charge in [-0.15, -0.1) is 0 Å². The predicted molar refractivity (Wildman–Crippen MR) is 66.4 cm³/mol. The summed E-state index contributed by atoms with van der Waals surface area (Å²) in [7, 11) is 0. The number of carbonyl (C=O) groups is 1. The van der Waals surface area contributed by atoms with Crippen molar-refractivity contribution in [1.82, 2.24) is 4.98 Å². The molecule has 1 aromatic heterocycles. The van der Waals surface area contributed by atoms with E-state index >= 15 is 0 Å². The molecule has 2 N–H and O–H groups in total.